The van der Waals surface area contributed by atoms with E-state index in [9.17, 15) is 34.5 Å². The summed E-state index contributed by atoms with van der Waals surface area (Å²) >= 11 is 0. The normalized spacial score (nSPS) is 17.7. The summed E-state index contributed by atoms with van der Waals surface area (Å²) in [6, 6.07) is 0. The van der Waals surface area contributed by atoms with Gasteiger partial charge in [-0.1, -0.05) is 282 Å². The quantitative estimate of drug-likeness (QED) is 0.0228. The van der Waals surface area contributed by atoms with Crippen molar-refractivity contribution >= 4 is 23.9 Å². The Bertz CT molecular complexity index is 1580. The molecule has 0 spiro atoms. The molecule has 12 heteroatoms. The summed E-state index contributed by atoms with van der Waals surface area (Å²) in [7, 11) is 0. The Morgan fingerprint density at radius 1 is 0.398 bits per heavy atom. The van der Waals surface area contributed by atoms with Crippen molar-refractivity contribution in [3.63, 3.8) is 0 Å². The van der Waals surface area contributed by atoms with E-state index in [2.05, 4.69) is 57.2 Å². The molecule has 484 valence electrons. The molecule has 3 N–H and O–H groups in total. The third kappa shape index (κ3) is 48.7. The lowest BCUT2D eigenvalue weighted by Crippen LogP contribution is -2.61. The molecule has 1 rings (SSSR count). The van der Waals surface area contributed by atoms with Crippen molar-refractivity contribution in [2.45, 2.75) is 379 Å². The zero-order valence-corrected chi connectivity index (χ0v) is 53.7. The highest BCUT2D eigenvalue weighted by atomic mass is 16.7. The predicted octanol–water partition coefficient (Wildman–Crippen LogP) is 19.1. The summed E-state index contributed by atoms with van der Waals surface area (Å²) in [6.07, 6.45) is 59.5. The van der Waals surface area contributed by atoms with Gasteiger partial charge in [0.05, 0.1) is 6.61 Å². The zero-order valence-electron chi connectivity index (χ0n) is 53.7. The van der Waals surface area contributed by atoms with E-state index in [4.69, 9.17) is 23.7 Å². The number of carbonyl (C=O) groups is 4. The molecule has 1 heterocycles. The van der Waals surface area contributed by atoms with Gasteiger partial charge in [-0.25, -0.2) is 4.79 Å². The monoisotopic (exact) mass is 1170 g/mol. The number of carboxylic acid groups (broad SMARTS) is 1. The van der Waals surface area contributed by atoms with Crippen LogP contribution in [0.1, 0.15) is 342 Å². The molecule has 12 nitrogen and oxygen atoms in total. The number of rotatable bonds is 61. The first-order valence-corrected chi connectivity index (χ1v) is 35.0. The lowest BCUT2D eigenvalue weighted by molar-refractivity contribution is -0.301. The molecule has 1 aliphatic rings. The summed E-state index contributed by atoms with van der Waals surface area (Å²) < 4.78 is 28.6. The zero-order chi connectivity index (χ0) is 60.3. The van der Waals surface area contributed by atoms with E-state index >= 15 is 0 Å². The fraction of sp³-hybridized carbons (Fsp3) is 0.859. The molecule has 83 heavy (non-hydrogen) atoms. The van der Waals surface area contributed by atoms with Crippen LogP contribution in [0.3, 0.4) is 0 Å². The van der Waals surface area contributed by atoms with Gasteiger partial charge in [0, 0.05) is 19.3 Å². The molecule has 6 unspecified atom stereocenters. The number of allylic oxidation sites excluding steroid dienone is 6. The van der Waals surface area contributed by atoms with Gasteiger partial charge >= 0.3 is 23.9 Å². The fourth-order valence-electron chi connectivity index (χ4n) is 10.8. The van der Waals surface area contributed by atoms with Crippen LogP contribution >= 0.6 is 0 Å². The van der Waals surface area contributed by atoms with Crippen molar-refractivity contribution in [2.24, 2.45) is 0 Å². The first-order chi connectivity index (χ1) is 40.6. The number of unbranched alkanes of at least 4 members (excludes halogenated alkanes) is 41. The molecular weight excluding hydrogens is 1040 g/mol. The summed E-state index contributed by atoms with van der Waals surface area (Å²) in [6.45, 7) is 6.03. The molecular formula is C71H128O12. The maximum absolute atomic E-state index is 13.2. The standard InChI is InChI=1S/C71H128O12/c1-4-7-10-13-16-19-22-25-28-31-32-35-38-41-44-47-50-53-56-59-65(74)82-69-67(76)66(75)68(70(77)78)83-71(69)80-61-62(81-64(73)58-55-52-49-46-43-40-37-34-30-27-24-21-18-15-12-9-6-3)60-79-63(72)57-54-51-48-45-42-39-36-33-29-26-23-20-17-14-11-8-5-2/h16,19,25-26,28-29,62,66-69,71,75-76H,4-15,17-18,20-24,27,30-61H2,1-3H3,(H,77,78)/b19-16-,28-25-,29-26-. The Morgan fingerprint density at radius 2 is 0.723 bits per heavy atom. The molecule has 1 fully saturated rings. The van der Waals surface area contributed by atoms with E-state index < -0.39 is 67.3 Å². The van der Waals surface area contributed by atoms with Crippen LogP contribution in [0.25, 0.3) is 0 Å². The summed E-state index contributed by atoms with van der Waals surface area (Å²) in [5.41, 5.74) is 0. The van der Waals surface area contributed by atoms with Gasteiger partial charge in [0.25, 0.3) is 0 Å². The minimum Gasteiger partial charge on any atom is -0.479 e. The average molecular weight is 1170 g/mol. The van der Waals surface area contributed by atoms with E-state index in [-0.39, 0.29) is 25.9 Å². The molecule has 0 aromatic heterocycles. The Balaban J connectivity index is 2.62. The van der Waals surface area contributed by atoms with Crippen molar-refractivity contribution in [1.82, 2.24) is 0 Å². The molecule has 0 radical (unpaired) electrons. The van der Waals surface area contributed by atoms with E-state index in [1.165, 1.54) is 199 Å². The predicted molar refractivity (Wildman–Crippen MR) is 340 cm³/mol. The van der Waals surface area contributed by atoms with Crippen molar-refractivity contribution in [1.29, 1.82) is 0 Å². The number of carboxylic acids is 1. The number of aliphatic hydroxyl groups is 2. The van der Waals surface area contributed by atoms with Gasteiger partial charge in [-0.2, -0.15) is 0 Å². The van der Waals surface area contributed by atoms with Crippen LogP contribution in [0.15, 0.2) is 36.5 Å². The van der Waals surface area contributed by atoms with Crippen LogP contribution in [-0.4, -0.2) is 89.2 Å². The second kappa shape index (κ2) is 59.3. The van der Waals surface area contributed by atoms with Crippen LogP contribution in [-0.2, 0) is 42.9 Å². The summed E-state index contributed by atoms with van der Waals surface area (Å²) in [5, 5.41) is 31.7. The molecule has 6 atom stereocenters. The second-order valence-electron chi connectivity index (χ2n) is 24.2. The number of hydrogen-bond acceptors (Lipinski definition) is 11. The van der Waals surface area contributed by atoms with Crippen LogP contribution in [0.4, 0.5) is 0 Å². The first kappa shape index (κ1) is 78.0. The Kier molecular flexibility index (Phi) is 55.7. The van der Waals surface area contributed by atoms with E-state index in [0.717, 1.165) is 83.5 Å². The molecule has 1 saturated heterocycles. The molecule has 0 amide bonds. The van der Waals surface area contributed by atoms with Crippen LogP contribution in [0, 0.1) is 0 Å². The number of esters is 3. The van der Waals surface area contributed by atoms with Crippen LogP contribution in [0.2, 0.25) is 0 Å². The maximum atomic E-state index is 13.2. The third-order valence-electron chi connectivity index (χ3n) is 16.2. The van der Waals surface area contributed by atoms with E-state index in [1.807, 2.05) is 0 Å². The smallest absolute Gasteiger partial charge is 0.335 e. The number of carbonyl (C=O) groups excluding carboxylic acids is 3. The Morgan fingerprint density at radius 3 is 1.12 bits per heavy atom. The van der Waals surface area contributed by atoms with Gasteiger partial charge < -0.3 is 39.0 Å². The Hall–Kier alpha value is -3.06. The molecule has 0 aromatic rings. The van der Waals surface area contributed by atoms with E-state index in [1.54, 1.807) is 0 Å². The molecule has 0 aromatic carbocycles. The number of hydrogen-bond donors (Lipinski definition) is 3. The topological polar surface area (TPSA) is 175 Å². The molecule has 0 bridgehead atoms. The fourth-order valence-corrected chi connectivity index (χ4v) is 10.8. The minimum absolute atomic E-state index is 0.0589. The van der Waals surface area contributed by atoms with Crippen LogP contribution < -0.4 is 0 Å². The minimum atomic E-state index is -1.90. The van der Waals surface area contributed by atoms with Gasteiger partial charge in [-0.15, -0.1) is 0 Å². The summed E-state index contributed by atoms with van der Waals surface area (Å²) in [5.74, 6) is -3.09. The second-order valence-corrected chi connectivity index (χ2v) is 24.2. The van der Waals surface area contributed by atoms with Crippen molar-refractivity contribution in [3.8, 4) is 0 Å². The highest BCUT2D eigenvalue weighted by molar-refractivity contribution is 5.74. The van der Waals surface area contributed by atoms with Gasteiger partial charge in [0.1, 0.15) is 18.8 Å². The Labute approximate surface area is 508 Å². The number of aliphatic carboxylic acids is 1. The first-order valence-electron chi connectivity index (χ1n) is 35.0. The third-order valence-corrected chi connectivity index (χ3v) is 16.2. The van der Waals surface area contributed by atoms with Crippen LogP contribution in [0.5, 0.6) is 0 Å². The molecule has 1 aliphatic heterocycles. The highest BCUT2D eigenvalue weighted by Gasteiger charge is 2.50. The number of aliphatic hydroxyl groups excluding tert-OH is 2. The van der Waals surface area contributed by atoms with Gasteiger partial charge in [0.2, 0.25) is 0 Å². The SMILES string of the molecule is CCCCC/C=C\C/C=C\CCCCCCCCCCCC(=O)OC1C(OCC(COC(=O)CCCCCCCCC/C=C\CCCCCCCC)OC(=O)CCCCCCCCCCCCCCCCCCC)OC(C(=O)O)C(O)C1O. The van der Waals surface area contributed by atoms with Gasteiger partial charge in [-0.05, 0) is 77.0 Å². The largest absolute Gasteiger partial charge is 0.479 e. The van der Waals surface area contributed by atoms with Crippen molar-refractivity contribution < 1.29 is 58.2 Å². The molecule has 0 aliphatic carbocycles. The summed E-state index contributed by atoms with van der Waals surface area (Å²) in [4.78, 5) is 51.5. The average Bonchev–Trinajstić information content (AvgIpc) is 3.55. The lowest BCUT2D eigenvalue weighted by atomic mass is 9.98. The molecule has 0 saturated carbocycles. The van der Waals surface area contributed by atoms with Gasteiger partial charge in [0.15, 0.2) is 24.6 Å². The lowest BCUT2D eigenvalue weighted by Gasteiger charge is -2.40. The van der Waals surface area contributed by atoms with Crippen molar-refractivity contribution in [3.05, 3.63) is 36.5 Å². The van der Waals surface area contributed by atoms with Gasteiger partial charge in [-0.3, -0.25) is 14.4 Å². The maximum Gasteiger partial charge on any atom is 0.335 e. The number of ether oxygens (including phenoxy) is 5. The highest BCUT2D eigenvalue weighted by Crippen LogP contribution is 2.27. The van der Waals surface area contributed by atoms with Crippen molar-refractivity contribution in [2.75, 3.05) is 13.2 Å². The van der Waals surface area contributed by atoms with E-state index in [0.29, 0.717) is 19.3 Å².